The molecular weight excluding hydrogens is 693 g/mol. The summed E-state index contributed by atoms with van der Waals surface area (Å²) >= 11 is 0. The third kappa shape index (κ3) is 7.76. The number of ether oxygens (including phenoxy) is 3. The van der Waals surface area contributed by atoms with Crippen LogP contribution in [0.2, 0.25) is 5.04 Å². The Morgan fingerprint density at radius 3 is 1.98 bits per heavy atom. The van der Waals surface area contributed by atoms with E-state index in [2.05, 4.69) is 86.3 Å². The van der Waals surface area contributed by atoms with Crippen molar-refractivity contribution in [3.8, 4) is 5.75 Å². The lowest BCUT2D eigenvalue weighted by atomic mass is 9.91. The average molecular weight is 747 g/mol. The van der Waals surface area contributed by atoms with Crippen molar-refractivity contribution in [2.75, 3.05) is 20.8 Å². The van der Waals surface area contributed by atoms with Gasteiger partial charge in [0.15, 0.2) is 0 Å². The van der Waals surface area contributed by atoms with E-state index in [1.165, 1.54) is 17.5 Å². The van der Waals surface area contributed by atoms with Crippen LogP contribution in [0.15, 0.2) is 103 Å². The van der Waals surface area contributed by atoms with E-state index in [0.29, 0.717) is 12.1 Å². The molecule has 0 spiro atoms. The fourth-order valence-electron chi connectivity index (χ4n) is 8.10. The Morgan fingerprint density at radius 2 is 1.44 bits per heavy atom. The standard InChI is InChI=1S/C45H54N2O6Si/c1-31-28-40(50-8)38(37-25-27-47(41(31)37)43(49)52-44(2,3)4)30-46-26-24-34(29-39(46)32-20-22-33(23-21-32)42(48)51-9)53-54(45(5,6)7,35-16-12-10-13-17-35)36-18-14-11-15-19-36/h10-23,25,27-28,34,39H,24,26,29-30H2,1-9H3. The van der Waals surface area contributed by atoms with Gasteiger partial charge >= 0.3 is 12.1 Å². The van der Waals surface area contributed by atoms with E-state index in [4.69, 9.17) is 18.6 Å². The van der Waals surface area contributed by atoms with Gasteiger partial charge in [0, 0.05) is 42.4 Å². The monoisotopic (exact) mass is 746 g/mol. The molecule has 1 aliphatic rings. The summed E-state index contributed by atoms with van der Waals surface area (Å²) in [6.07, 6.45) is 2.92. The van der Waals surface area contributed by atoms with Crippen molar-refractivity contribution in [2.24, 2.45) is 0 Å². The first-order valence-corrected chi connectivity index (χ1v) is 20.7. The molecule has 0 aliphatic carbocycles. The normalized spacial score (nSPS) is 17.0. The molecule has 2 heterocycles. The van der Waals surface area contributed by atoms with Gasteiger partial charge in [0.05, 0.1) is 25.3 Å². The largest absolute Gasteiger partial charge is 0.496 e. The van der Waals surface area contributed by atoms with Crippen molar-refractivity contribution < 1.29 is 28.2 Å². The molecule has 8 nitrogen and oxygen atoms in total. The summed E-state index contributed by atoms with van der Waals surface area (Å²) < 4.78 is 26.1. The highest BCUT2D eigenvalue weighted by atomic mass is 28.4. The zero-order chi connectivity index (χ0) is 38.8. The Hall–Kier alpha value is -4.70. The molecule has 2 atom stereocenters. The first-order valence-electron chi connectivity index (χ1n) is 18.8. The third-order valence-corrected chi connectivity index (χ3v) is 15.6. The van der Waals surface area contributed by atoms with Crippen LogP contribution in [0.1, 0.15) is 87.5 Å². The molecule has 54 heavy (non-hydrogen) atoms. The Kier molecular flexibility index (Phi) is 11.2. The van der Waals surface area contributed by atoms with Crippen molar-refractivity contribution >= 4 is 41.7 Å². The molecule has 0 amide bonds. The van der Waals surface area contributed by atoms with Gasteiger partial charge in [-0.05, 0) is 91.3 Å². The van der Waals surface area contributed by atoms with Crippen LogP contribution in [-0.4, -0.2) is 62.3 Å². The van der Waals surface area contributed by atoms with Crippen molar-refractivity contribution in [1.29, 1.82) is 0 Å². The van der Waals surface area contributed by atoms with Crippen LogP contribution in [0.5, 0.6) is 5.75 Å². The van der Waals surface area contributed by atoms with Gasteiger partial charge in [-0.1, -0.05) is 93.6 Å². The third-order valence-electron chi connectivity index (χ3n) is 10.5. The number of likely N-dealkylation sites (tertiary alicyclic amines) is 1. The van der Waals surface area contributed by atoms with Gasteiger partial charge in [-0.15, -0.1) is 0 Å². The van der Waals surface area contributed by atoms with E-state index in [-0.39, 0.29) is 23.2 Å². The van der Waals surface area contributed by atoms with Crippen LogP contribution >= 0.6 is 0 Å². The number of piperidine rings is 1. The van der Waals surface area contributed by atoms with E-state index in [1.807, 2.05) is 64.1 Å². The van der Waals surface area contributed by atoms with Crippen LogP contribution < -0.4 is 15.1 Å². The fraction of sp³-hybridized carbons (Fsp3) is 0.378. The number of aromatic nitrogens is 1. The van der Waals surface area contributed by atoms with Crippen molar-refractivity contribution in [3.63, 3.8) is 0 Å². The highest BCUT2D eigenvalue weighted by Gasteiger charge is 2.52. The Bertz CT molecular complexity index is 2040. The van der Waals surface area contributed by atoms with Crippen LogP contribution in [0, 0.1) is 6.92 Å². The molecule has 9 heteroatoms. The number of carbonyl (C=O) groups excluding carboxylic acids is 2. The van der Waals surface area contributed by atoms with Gasteiger partial charge < -0.3 is 18.6 Å². The number of esters is 1. The SMILES string of the molecule is COC(=O)c1ccc(C2CC(O[Si](c3ccccc3)(c3ccccc3)C(C)(C)C)CCN2Cc2c(OC)cc(C)c3c2ccn3C(=O)OC(C)(C)C)cc1. The molecule has 1 aromatic heterocycles. The summed E-state index contributed by atoms with van der Waals surface area (Å²) in [5.74, 6) is 0.406. The van der Waals surface area contributed by atoms with E-state index in [1.54, 1.807) is 17.9 Å². The predicted molar refractivity (Wildman–Crippen MR) is 218 cm³/mol. The van der Waals surface area contributed by atoms with Crippen molar-refractivity contribution in [1.82, 2.24) is 9.47 Å². The Balaban J connectivity index is 1.42. The van der Waals surface area contributed by atoms with E-state index < -0.39 is 20.0 Å². The van der Waals surface area contributed by atoms with Crippen LogP contribution in [0.3, 0.4) is 0 Å². The molecule has 6 rings (SSSR count). The molecule has 1 fully saturated rings. The van der Waals surface area contributed by atoms with Crippen LogP contribution in [-0.2, 0) is 20.4 Å². The zero-order valence-electron chi connectivity index (χ0n) is 33.1. The predicted octanol–water partition coefficient (Wildman–Crippen LogP) is 8.81. The number of benzene rings is 4. The summed E-state index contributed by atoms with van der Waals surface area (Å²) in [5.41, 5.74) is 3.70. The summed E-state index contributed by atoms with van der Waals surface area (Å²) in [4.78, 5) is 28.3. The second kappa shape index (κ2) is 15.6. The van der Waals surface area contributed by atoms with Gasteiger partial charge in [-0.25, -0.2) is 9.59 Å². The highest BCUT2D eigenvalue weighted by Crippen LogP contribution is 2.43. The van der Waals surface area contributed by atoms with E-state index >= 15 is 0 Å². The molecule has 0 radical (unpaired) electrons. The van der Waals surface area contributed by atoms with Crippen molar-refractivity contribution in [3.05, 3.63) is 126 Å². The maximum absolute atomic E-state index is 13.4. The second-order valence-corrected chi connectivity index (χ2v) is 20.6. The lowest BCUT2D eigenvalue weighted by Gasteiger charge is -2.48. The minimum Gasteiger partial charge on any atom is -0.496 e. The summed E-state index contributed by atoms with van der Waals surface area (Å²) in [6.45, 7) is 15.9. The minimum atomic E-state index is -2.82. The maximum Gasteiger partial charge on any atom is 0.419 e. The number of hydrogen-bond acceptors (Lipinski definition) is 7. The molecule has 2 unspecified atom stereocenters. The topological polar surface area (TPSA) is 79.2 Å². The first-order chi connectivity index (χ1) is 25.7. The highest BCUT2D eigenvalue weighted by molar-refractivity contribution is 6.99. The smallest absolute Gasteiger partial charge is 0.419 e. The van der Waals surface area contributed by atoms with Gasteiger partial charge in [0.25, 0.3) is 8.32 Å². The molecule has 5 aromatic rings. The molecule has 1 aliphatic heterocycles. The average Bonchev–Trinajstić information content (AvgIpc) is 3.61. The number of methoxy groups -OCH3 is 2. The molecule has 0 saturated carbocycles. The van der Waals surface area contributed by atoms with Gasteiger partial charge in [0.1, 0.15) is 11.4 Å². The lowest BCUT2D eigenvalue weighted by Crippen LogP contribution is -2.68. The number of fused-ring (bicyclic) bond motifs is 1. The molecule has 1 saturated heterocycles. The van der Waals surface area contributed by atoms with Gasteiger partial charge in [-0.3, -0.25) is 9.47 Å². The Morgan fingerprint density at radius 1 is 0.833 bits per heavy atom. The fourth-order valence-corrected chi connectivity index (χ4v) is 12.8. The summed E-state index contributed by atoms with van der Waals surface area (Å²) in [5, 5.41) is 3.30. The van der Waals surface area contributed by atoms with Crippen LogP contribution in [0.4, 0.5) is 4.79 Å². The molecule has 284 valence electrons. The maximum atomic E-state index is 13.4. The molecular formula is C45H54N2O6Si. The van der Waals surface area contributed by atoms with Gasteiger partial charge in [-0.2, -0.15) is 0 Å². The Labute approximate surface area is 321 Å². The first kappa shape index (κ1) is 39.0. The molecule has 4 aromatic carbocycles. The second-order valence-electron chi connectivity index (χ2n) is 16.3. The van der Waals surface area contributed by atoms with Crippen molar-refractivity contribution in [2.45, 2.75) is 90.6 Å². The number of aryl methyl sites for hydroxylation is 1. The summed E-state index contributed by atoms with van der Waals surface area (Å²) in [6, 6.07) is 33.3. The lowest BCUT2D eigenvalue weighted by molar-refractivity contribution is 0.0447. The minimum absolute atomic E-state index is 0.0361. The quantitative estimate of drug-likeness (QED) is 0.110. The number of rotatable bonds is 9. The number of carbonyl (C=O) groups is 2. The van der Waals surface area contributed by atoms with Crippen LogP contribution in [0.25, 0.3) is 10.9 Å². The molecule has 0 bridgehead atoms. The van der Waals surface area contributed by atoms with Gasteiger partial charge in [0.2, 0.25) is 0 Å². The zero-order valence-corrected chi connectivity index (χ0v) is 34.1. The molecule has 0 N–H and O–H groups in total. The van der Waals surface area contributed by atoms with E-state index in [0.717, 1.165) is 52.7 Å². The number of hydrogen-bond donors (Lipinski definition) is 0. The summed E-state index contributed by atoms with van der Waals surface area (Å²) in [7, 11) is 0.276. The number of nitrogens with zero attached hydrogens (tertiary/aromatic N) is 2. The van der Waals surface area contributed by atoms with E-state index in [9.17, 15) is 9.59 Å².